The molecular formula is C14H10ClNO3. The van der Waals surface area contributed by atoms with Crippen molar-refractivity contribution >= 4 is 23.2 Å². The van der Waals surface area contributed by atoms with E-state index in [4.69, 9.17) is 16.7 Å². The van der Waals surface area contributed by atoms with Gasteiger partial charge in [0.2, 0.25) is 0 Å². The minimum Gasteiger partial charge on any atom is -0.395 e. The van der Waals surface area contributed by atoms with Crippen molar-refractivity contribution in [3.63, 3.8) is 0 Å². The summed E-state index contributed by atoms with van der Waals surface area (Å²) >= 11 is 6.02. The van der Waals surface area contributed by atoms with Gasteiger partial charge in [-0.05, 0) is 6.07 Å². The van der Waals surface area contributed by atoms with Crippen molar-refractivity contribution in [2.45, 2.75) is 6.54 Å². The molecule has 1 aromatic carbocycles. The maximum absolute atomic E-state index is 12.4. The number of hydrogen-bond donors (Lipinski definition) is 1. The Morgan fingerprint density at radius 2 is 1.74 bits per heavy atom. The fourth-order valence-corrected chi connectivity index (χ4v) is 2.60. The van der Waals surface area contributed by atoms with Gasteiger partial charge in [0.1, 0.15) is 0 Å². The SMILES string of the molecule is O=C1c2cn(CCO)cc2C(=O)c2c(Cl)cccc21. The highest BCUT2D eigenvalue weighted by atomic mass is 35.5. The van der Waals surface area contributed by atoms with Crippen LogP contribution in [0.25, 0.3) is 0 Å². The van der Waals surface area contributed by atoms with E-state index in [-0.39, 0.29) is 28.8 Å². The normalized spacial score (nSPS) is 13.4. The van der Waals surface area contributed by atoms with Crippen molar-refractivity contribution in [1.29, 1.82) is 0 Å². The molecule has 0 fully saturated rings. The van der Waals surface area contributed by atoms with E-state index in [0.29, 0.717) is 23.2 Å². The zero-order valence-electron chi connectivity index (χ0n) is 9.89. The molecule has 3 rings (SSSR count). The molecule has 1 aliphatic rings. The first kappa shape index (κ1) is 12.1. The van der Waals surface area contributed by atoms with Crippen molar-refractivity contribution in [1.82, 2.24) is 4.57 Å². The zero-order chi connectivity index (χ0) is 13.6. The van der Waals surface area contributed by atoms with E-state index >= 15 is 0 Å². The number of hydrogen-bond acceptors (Lipinski definition) is 3. The fourth-order valence-electron chi connectivity index (χ4n) is 2.34. The highest BCUT2D eigenvalue weighted by Gasteiger charge is 2.32. The van der Waals surface area contributed by atoms with Gasteiger partial charge in [-0.25, -0.2) is 0 Å². The van der Waals surface area contributed by atoms with Crippen LogP contribution in [0.5, 0.6) is 0 Å². The van der Waals surface area contributed by atoms with Crippen molar-refractivity contribution in [2.75, 3.05) is 6.61 Å². The van der Waals surface area contributed by atoms with E-state index in [0.717, 1.165) is 0 Å². The first-order chi connectivity index (χ1) is 9.13. The van der Waals surface area contributed by atoms with Crippen LogP contribution in [0.4, 0.5) is 0 Å². The summed E-state index contributed by atoms with van der Waals surface area (Å²) in [6.07, 6.45) is 3.17. The summed E-state index contributed by atoms with van der Waals surface area (Å²) in [5.74, 6) is -0.448. The molecule has 1 aromatic heterocycles. The molecule has 0 saturated heterocycles. The smallest absolute Gasteiger partial charge is 0.197 e. The van der Waals surface area contributed by atoms with Crippen LogP contribution in [0, 0.1) is 0 Å². The molecule has 0 aliphatic heterocycles. The second-order valence-corrected chi connectivity index (χ2v) is 4.77. The molecular weight excluding hydrogens is 266 g/mol. The van der Waals surface area contributed by atoms with Gasteiger partial charge >= 0.3 is 0 Å². The van der Waals surface area contributed by atoms with Gasteiger partial charge in [0, 0.05) is 24.5 Å². The van der Waals surface area contributed by atoms with Gasteiger partial charge in [-0.15, -0.1) is 0 Å². The molecule has 2 aromatic rings. The summed E-state index contributed by atoms with van der Waals surface area (Å²) in [7, 11) is 0. The fraction of sp³-hybridized carbons (Fsp3) is 0.143. The third-order valence-electron chi connectivity index (χ3n) is 3.21. The maximum atomic E-state index is 12.4. The number of fused-ring (bicyclic) bond motifs is 2. The number of ketones is 2. The third-order valence-corrected chi connectivity index (χ3v) is 3.53. The maximum Gasteiger partial charge on any atom is 0.197 e. The Kier molecular flexibility index (Phi) is 2.77. The van der Waals surface area contributed by atoms with Crippen LogP contribution in [0.3, 0.4) is 0 Å². The monoisotopic (exact) mass is 275 g/mol. The molecule has 0 unspecified atom stereocenters. The molecule has 19 heavy (non-hydrogen) atoms. The van der Waals surface area contributed by atoms with Crippen LogP contribution in [0.1, 0.15) is 31.8 Å². The van der Waals surface area contributed by atoms with Crippen LogP contribution in [0.15, 0.2) is 30.6 Å². The van der Waals surface area contributed by atoms with Crippen LogP contribution in [0.2, 0.25) is 5.02 Å². The van der Waals surface area contributed by atoms with Gasteiger partial charge in [0.05, 0.1) is 28.3 Å². The van der Waals surface area contributed by atoms with Gasteiger partial charge < -0.3 is 9.67 Å². The summed E-state index contributed by atoms with van der Waals surface area (Å²) in [6, 6.07) is 4.86. The van der Waals surface area contributed by atoms with E-state index in [9.17, 15) is 9.59 Å². The molecule has 0 spiro atoms. The van der Waals surface area contributed by atoms with E-state index in [1.165, 1.54) is 0 Å². The number of benzene rings is 1. The molecule has 0 saturated carbocycles. The largest absolute Gasteiger partial charge is 0.395 e. The first-order valence-corrected chi connectivity index (χ1v) is 6.20. The Hall–Kier alpha value is -1.91. The van der Waals surface area contributed by atoms with Crippen LogP contribution in [-0.4, -0.2) is 27.8 Å². The molecule has 0 atom stereocenters. The lowest BCUT2D eigenvalue weighted by atomic mass is 9.87. The Balaban J connectivity index is 2.21. The second-order valence-electron chi connectivity index (χ2n) is 4.37. The summed E-state index contributed by atoms with van der Waals surface area (Å²) in [5.41, 5.74) is 1.32. The lowest BCUT2D eigenvalue weighted by molar-refractivity contribution is 0.0980. The minimum absolute atomic E-state index is 0.0519. The molecule has 1 N–H and O–H groups in total. The molecule has 0 amide bonds. The number of nitrogens with zero attached hydrogens (tertiary/aromatic N) is 1. The number of aliphatic hydroxyl groups excluding tert-OH is 1. The van der Waals surface area contributed by atoms with E-state index in [1.54, 1.807) is 35.2 Å². The predicted molar refractivity (Wildman–Crippen MR) is 69.8 cm³/mol. The Labute approximate surface area is 114 Å². The highest BCUT2D eigenvalue weighted by molar-refractivity contribution is 6.39. The van der Waals surface area contributed by atoms with Crippen molar-refractivity contribution in [2.24, 2.45) is 0 Å². The molecule has 0 bridgehead atoms. The van der Waals surface area contributed by atoms with Gasteiger partial charge in [-0.1, -0.05) is 23.7 Å². The lowest BCUT2D eigenvalue weighted by Crippen LogP contribution is -2.19. The number of rotatable bonds is 2. The molecule has 96 valence electrons. The molecule has 1 heterocycles. The van der Waals surface area contributed by atoms with Gasteiger partial charge in [-0.2, -0.15) is 0 Å². The van der Waals surface area contributed by atoms with E-state index < -0.39 is 0 Å². The van der Waals surface area contributed by atoms with Crippen LogP contribution in [-0.2, 0) is 6.54 Å². The number of carbonyl (C=O) groups excluding carboxylic acids is 2. The Morgan fingerprint density at radius 3 is 2.42 bits per heavy atom. The summed E-state index contributed by atoms with van der Waals surface area (Å²) in [4.78, 5) is 24.7. The average Bonchev–Trinajstić information content (AvgIpc) is 2.81. The van der Waals surface area contributed by atoms with Gasteiger partial charge in [-0.3, -0.25) is 9.59 Å². The quantitative estimate of drug-likeness (QED) is 0.777. The van der Waals surface area contributed by atoms with Crippen molar-refractivity contribution < 1.29 is 14.7 Å². The molecule has 1 aliphatic carbocycles. The third kappa shape index (κ3) is 1.72. The minimum atomic E-state index is -0.244. The Bertz CT molecular complexity index is 703. The number of halogens is 1. The highest BCUT2D eigenvalue weighted by Crippen LogP contribution is 2.32. The molecule has 5 heteroatoms. The van der Waals surface area contributed by atoms with Crippen LogP contribution >= 0.6 is 11.6 Å². The van der Waals surface area contributed by atoms with Gasteiger partial charge in [0.15, 0.2) is 11.6 Å². The standard InChI is InChI=1S/C14H10ClNO3/c15-11-3-1-2-8-12(11)14(19)10-7-16(4-5-17)6-9(10)13(8)18/h1-3,6-7,17H,4-5H2. The number of aromatic nitrogens is 1. The van der Waals surface area contributed by atoms with Gasteiger partial charge in [0.25, 0.3) is 0 Å². The van der Waals surface area contributed by atoms with E-state index in [2.05, 4.69) is 0 Å². The number of aliphatic hydroxyl groups is 1. The zero-order valence-corrected chi connectivity index (χ0v) is 10.6. The van der Waals surface area contributed by atoms with Crippen molar-refractivity contribution in [3.8, 4) is 0 Å². The van der Waals surface area contributed by atoms with Crippen molar-refractivity contribution in [3.05, 3.63) is 57.9 Å². The summed E-state index contributed by atoms with van der Waals surface area (Å²) in [5, 5.41) is 9.21. The predicted octanol–water partition coefficient (Wildman–Crippen LogP) is 1.91. The first-order valence-electron chi connectivity index (χ1n) is 5.82. The average molecular weight is 276 g/mol. The topological polar surface area (TPSA) is 59.3 Å². The Morgan fingerprint density at radius 1 is 1.05 bits per heavy atom. The molecule has 4 nitrogen and oxygen atoms in total. The van der Waals surface area contributed by atoms with Crippen LogP contribution < -0.4 is 0 Å². The van der Waals surface area contributed by atoms with E-state index in [1.807, 2.05) is 0 Å². The molecule has 0 radical (unpaired) electrons. The lowest BCUT2D eigenvalue weighted by Gasteiger charge is -2.14. The summed E-state index contributed by atoms with van der Waals surface area (Å²) in [6.45, 7) is 0.293. The summed E-state index contributed by atoms with van der Waals surface area (Å²) < 4.78 is 1.64. The number of carbonyl (C=O) groups is 2. The second kappa shape index (κ2) is 4.33.